The first-order valence-corrected chi connectivity index (χ1v) is 9.40. The number of aromatic nitrogens is 2. The first-order valence-electron chi connectivity index (χ1n) is 9.90. The van der Waals surface area contributed by atoms with Crippen molar-refractivity contribution in [1.29, 1.82) is 0 Å². The van der Waals surface area contributed by atoms with Crippen molar-refractivity contribution in [2.45, 2.75) is 27.7 Å². The van der Waals surface area contributed by atoms with Crippen LogP contribution in [-0.2, 0) is 7.05 Å². The fraction of sp³-hybridized carbons (Fsp3) is 0.200. The van der Waals surface area contributed by atoms with Crippen LogP contribution in [0.5, 0.6) is 0 Å². The summed E-state index contributed by atoms with van der Waals surface area (Å²) in [4.78, 5) is 4.11. The summed E-state index contributed by atoms with van der Waals surface area (Å²) in [6.07, 6.45) is 3.32. The number of hydrogen-bond acceptors (Lipinski definition) is 1. The van der Waals surface area contributed by atoms with Crippen LogP contribution < -0.4 is 4.57 Å². The van der Waals surface area contributed by atoms with E-state index in [4.69, 9.17) is 1.37 Å². The summed E-state index contributed by atoms with van der Waals surface area (Å²) in [5.41, 5.74) is 7.57. The van der Waals surface area contributed by atoms with Gasteiger partial charge in [-0.15, -0.1) is 0 Å². The van der Waals surface area contributed by atoms with Crippen molar-refractivity contribution in [2.24, 2.45) is 7.05 Å². The minimum Gasteiger partial charge on any atom is -0.264 e. The summed E-state index contributed by atoms with van der Waals surface area (Å²) in [5.74, 6) is -0.308. The highest BCUT2D eigenvalue weighted by Gasteiger charge is 2.22. The van der Waals surface area contributed by atoms with E-state index >= 15 is 4.39 Å². The Hall–Kier alpha value is -3.07. The molecule has 3 heteroatoms. The predicted molar refractivity (Wildman–Crippen MR) is 113 cm³/mol. The molecule has 0 saturated heterocycles. The van der Waals surface area contributed by atoms with Gasteiger partial charge in [0, 0.05) is 36.5 Å². The molecule has 2 aromatic carbocycles. The lowest BCUT2D eigenvalue weighted by Gasteiger charge is -2.14. The number of hydrogen-bond donors (Lipinski definition) is 0. The van der Waals surface area contributed by atoms with Crippen molar-refractivity contribution in [3.05, 3.63) is 83.0 Å². The van der Waals surface area contributed by atoms with Crippen molar-refractivity contribution in [2.75, 3.05) is 0 Å². The Labute approximate surface area is 166 Å². The molecule has 0 radical (unpaired) electrons. The summed E-state index contributed by atoms with van der Waals surface area (Å²) >= 11 is 0. The van der Waals surface area contributed by atoms with Gasteiger partial charge in [0.25, 0.3) is 0 Å². The second-order valence-electron chi connectivity index (χ2n) is 7.49. The highest BCUT2D eigenvalue weighted by molar-refractivity contribution is 5.96. The molecular weight excluding hydrogens is 347 g/mol. The summed E-state index contributed by atoms with van der Waals surface area (Å²) in [6, 6.07) is 11.7. The first kappa shape index (κ1) is 17.1. The Bertz CT molecular complexity index is 1260. The van der Waals surface area contributed by atoms with Crippen molar-refractivity contribution < 1.29 is 10.3 Å². The van der Waals surface area contributed by atoms with Gasteiger partial charge in [-0.2, -0.15) is 4.57 Å². The quantitative estimate of drug-likeness (QED) is 0.408. The SMILES string of the molecule is [2H]c1c(C)[n+](C)c(-c2cc(C)cc(C)c2C)c2cc(F)c(-c3cccnc3)cc12. The number of aryl methyl sites for hydroxylation is 2. The normalized spacial score (nSPS) is 11.7. The summed E-state index contributed by atoms with van der Waals surface area (Å²) in [7, 11) is 1.95. The van der Waals surface area contributed by atoms with E-state index in [9.17, 15) is 0 Å². The number of nitrogens with zero attached hydrogens (tertiary/aromatic N) is 2. The number of fused-ring (bicyclic) bond motifs is 1. The van der Waals surface area contributed by atoms with Gasteiger partial charge in [0.2, 0.25) is 5.69 Å². The molecule has 0 unspecified atom stereocenters. The van der Waals surface area contributed by atoms with Crippen LogP contribution in [0.2, 0.25) is 0 Å². The lowest BCUT2D eigenvalue weighted by atomic mass is 9.93. The molecule has 0 amide bonds. The average molecular weight is 372 g/mol. The van der Waals surface area contributed by atoms with Gasteiger partial charge in [-0.25, -0.2) is 4.39 Å². The maximum atomic E-state index is 15.2. The van der Waals surface area contributed by atoms with Crippen molar-refractivity contribution >= 4 is 10.8 Å². The van der Waals surface area contributed by atoms with Gasteiger partial charge in [0.15, 0.2) is 5.69 Å². The number of benzene rings is 2. The van der Waals surface area contributed by atoms with E-state index in [0.717, 1.165) is 33.3 Å². The first-order chi connectivity index (χ1) is 13.8. The molecule has 0 N–H and O–H groups in total. The molecule has 0 bridgehead atoms. The van der Waals surface area contributed by atoms with Crippen LogP contribution in [0.4, 0.5) is 4.39 Å². The molecular formula is C25H24FN2+. The molecule has 0 fully saturated rings. The van der Waals surface area contributed by atoms with Gasteiger partial charge >= 0.3 is 0 Å². The number of halogens is 1. The van der Waals surface area contributed by atoms with Crippen molar-refractivity contribution in [3.63, 3.8) is 0 Å². The second kappa shape index (κ2) is 6.83. The molecule has 4 aromatic rings. The Morgan fingerprint density at radius 2 is 1.82 bits per heavy atom. The lowest BCUT2D eigenvalue weighted by molar-refractivity contribution is -0.665. The highest BCUT2D eigenvalue weighted by atomic mass is 19.1. The van der Waals surface area contributed by atoms with E-state index in [1.807, 2.05) is 24.6 Å². The molecule has 0 aliphatic rings. The molecule has 0 saturated carbocycles. The number of rotatable bonds is 2. The van der Waals surface area contributed by atoms with Gasteiger partial charge in [-0.3, -0.25) is 4.98 Å². The zero-order valence-electron chi connectivity index (χ0n) is 17.9. The molecule has 2 nitrogen and oxygen atoms in total. The molecule has 0 aliphatic heterocycles. The predicted octanol–water partition coefficient (Wildman–Crippen LogP) is 5.77. The molecule has 28 heavy (non-hydrogen) atoms. The molecule has 140 valence electrons. The Kier molecular flexibility index (Phi) is 4.16. The zero-order valence-corrected chi connectivity index (χ0v) is 16.9. The molecule has 0 spiro atoms. The van der Waals surface area contributed by atoms with E-state index in [1.54, 1.807) is 30.6 Å². The molecule has 4 rings (SSSR count). The third kappa shape index (κ3) is 2.97. The molecule has 0 aliphatic carbocycles. The van der Waals surface area contributed by atoms with Gasteiger partial charge in [0.05, 0.1) is 12.3 Å². The topological polar surface area (TPSA) is 16.8 Å². The van der Waals surface area contributed by atoms with Gasteiger partial charge in [-0.05, 0) is 61.5 Å². The number of pyridine rings is 2. The maximum Gasteiger partial charge on any atom is 0.220 e. The largest absolute Gasteiger partial charge is 0.264 e. The van der Waals surface area contributed by atoms with Crippen LogP contribution in [0.1, 0.15) is 23.8 Å². The van der Waals surface area contributed by atoms with Crippen LogP contribution in [0.3, 0.4) is 0 Å². The fourth-order valence-electron chi connectivity index (χ4n) is 3.85. The smallest absolute Gasteiger partial charge is 0.220 e. The van der Waals surface area contributed by atoms with Crippen molar-refractivity contribution in [1.82, 2.24) is 4.98 Å². The Morgan fingerprint density at radius 1 is 1.04 bits per heavy atom. The lowest BCUT2D eigenvalue weighted by Crippen LogP contribution is -2.35. The third-order valence-corrected chi connectivity index (χ3v) is 5.56. The third-order valence-electron chi connectivity index (χ3n) is 5.56. The second-order valence-corrected chi connectivity index (χ2v) is 7.49. The van der Waals surface area contributed by atoms with E-state index in [0.29, 0.717) is 17.2 Å². The van der Waals surface area contributed by atoms with E-state index in [-0.39, 0.29) is 5.82 Å². The van der Waals surface area contributed by atoms with E-state index < -0.39 is 0 Å². The fourth-order valence-corrected chi connectivity index (χ4v) is 3.85. The zero-order chi connectivity index (χ0) is 20.9. The minimum atomic E-state index is -0.308. The summed E-state index contributed by atoms with van der Waals surface area (Å²) in [5, 5.41) is 1.50. The molecule has 0 atom stereocenters. The van der Waals surface area contributed by atoms with Crippen molar-refractivity contribution in [3.8, 4) is 22.4 Å². The Morgan fingerprint density at radius 3 is 2.54 bits per heavy atom. The monoisotopic (exact) mass is 372 g/mol. The van der Waals surface area contributed by atoms with Crippen LogP contribution in [0.25, 0.3) is 33.2 Å². The van der Waals surface area contributed by atoms with E-state index in [2.05, 4.69) is 37.9 Å². The van der Waals surface area contributed by atoms with Crippen LogP contribution in [0.15, 0.2) is 54.8 Å². The summed E-state index contributed by atoms with van der Waals surface area (Å²) < 4.78 is 25.9. The average Bonchev–Trinajstić information content (AvgIpc) is 2.70. The maximum absolute atomic E-state index is 15.2. The van der Waals surface area contributed by atoms with Crippen LogP contribution >= 0.6 is 0 Å². The van der Waals surface area contributed by atoms with Gasteiger partial charge in [-0.1, -0.05) is 17.7 Å². The van der Waals surface area contributed by atoms with Crippen LogP contribution in [0, 0.1) is 33.5 Å². The standard InChI is InChI=1S/C25H24FN2/c1-15-9-16(2)18(4)21(10-15)25-23-13-24(26)22(19-7-6-8-27-14-19)12-20(23)11-17(3)28(25)5/h6-14H,1-5H3/q+1/i11D. The van der Waals surface area contributed by atoms with E-state index in [1.165, 1.54) is 11.1 Å². The molecule has 2 aromatic heterocycles. The Balaban J connectivity index is 2.13. The minimum absolute atomic E-state index is 0.308. The van der Waals surface area contributed by atoms with Gasteiger partial charge in [0.1, 0.15) is 12.9 Å². The van der Waals surface area contributed by atoms with Crippen LogP contribution in [-0.4, -0.2) is 4.98 Å². The van der Waals surface area contributed by atoms with Gasteiger partial charge < -0.3 is 0 Å². The molecule has 2 heterocycles. The summed E-state index contributed by atoms with van der Waals surface area (Å²) in [6.45, 7) is 8.21. The highest BCUT2D eigenvalue weighted by Crippen LogP contribution is 2.34.